The smallest absolute Gasteiger partial charge is 0.194 e. The lowest BCUT2D eigenvalue weighted by Crippen LogP contribution is -2.26. The molecule has 1 N–H and O–H groups in total. The Hall–Kier alpha value is -3.18. The lowest BCUT2D eigenvalue weighted by Gasteiger charge is -2.24. The van der Waals surface area contributed by atoms with Crippen molar-refractivity contribution in [1.82, 2.24) is 5.32 Å². The van der Waals surface area contributed by atoms with E-state index in [1.54, 1.807) is 6.07 Å². The minimum absolute atomic E-state index is 0.0246. The van der Waals surface area contributed by atoms with Gasteiger partial charge in [-0.2, -0.15) is 0 Å². The highest BCUT2D eigenvalue weighted by molar-refractivity contribution is 8.13. The van der Waals surface area contributed by atoms with E-state index in [9.17, 15) is 9.18 Å². The van der Waals surface area contributed by atoms with Crippen molar-refractivity contribution >= 4 is 28.4 Å². The molecule has 0 unspecified atom stereocenters. The standard InChI is InChI=1S/C25H19FN2OS/c1-15-9-11-17(12-10-15)22-21-23(19-7-2-3-8-20(19)24(21)29)28-25(27-22)30-14-16-5-4-6-18(26)13-16/h2-13,22H,14H2,1H3,(H,27,28)/t22-/m0/s1. The Bertz CT molecular complexity index is 1210. The highest BCUT2D eigenvalue weighted by atomic mass is 32.2. The Labute approximate surface area is 178 Å². The molecule has 0 aromatic heterocycles. The van der Waals surface area contributed by atoms with Gasteiger partial charge in [0.05, 0.1) is 11.3 Å². The number of nitrogens with zero attached hydrogens (tertiary/aromatic N) is 1. The number of rotatable bonds is 3. The van der Waals surface area contributed by atoms with Gasteiger partial charge in [-0.1, -0.05) is 78.0 Å². The molecule has 0 bridgehead atoms. The second-order valence-corrected chi connectivity index (χ2v) is 8.42. The average molecular weight is 415 g/mol. The monoisotopic (exact) mass is 414 g/mol. The second-order valence-electron chi connectivity index (χ2n) is 7.45. The van der Waals surface area contributed by atoms with E-state index in [-0.39, 0.29) is 17.6 Å². The molecule has 5 rings (SSSR count). The SMILES string of the molecule is Cc1ccc([C@@H]2N=C(SCc3cccc(F)c3)NC3=C2C(=O)c2ccccc23)cc1. The van der Waals surface area contributed by atoms with Crippen LogP contribution in [-0.2, 0) is 5.75 Å². The van der Waals surface area contributed by atoms with Crippen LogP contribution in [0.3, 0.4) is 0 Å². The summed E-state index contributed by atoms with van der Waals surface area (Å²) in [5.41, 5.74) is 6.17. The number of nitrogens with one attached hydrogen (secondary N) is 1. The number of carbonyl (C=O) groups excluding carboxylic acids is 1. The normalized spacial score (nSPS) is 17.3. The van der Waals surface area contributed by atoms with Crippen molar-refractivity contribution in [3.8, 4) is 0 Å². The second kappa shape index (κ2) is 7.58. The Morgan fingerprint density at radius 1 is 1.00 bits per heavy atom. The van der Waals surface area contributed by atoms with Crippen molar-refractivity contribution in [2.75, 3.05) is 0 Å². The van der Waals surface area contributed by atoms with E-state index in [4.69, 9.17) is 4.99 Å². The zero-order valence-electron chi connectivity index (χ0n) is 16.4. The van der Waals surface area contributed by atoms with Crippen molar-refractivity contribution < 1.29 is 9.18 Å². The summed E-state index contributed by atoms with van der Waals surface area (Å²) in [5.74, 6) is 0.365. The van der Waals surface area contributed by atoms with E-state index in [0.717, 1.165) is 33.1 Å². The Balaban J connectivity index is 1.52. The van der Waals surface area contributed by atoms with E-state index >= 15 is 0 Å². The van der Waals surface area contributed by atoms with Crippen LogP contribution in [0.25, 0.3) is 5.70 Å². The molecule has 1 aliphatic carbocycles. The number of hydrogen-bond donors (Lipinski definition) is 1. The molecule has 0 amide bonds. The van der Waals surface area contributed by atoms with Gasteiger partial charge in [0.2, 0.25) is 0 Å². The van der Waals surface area contributed by atoms with Gasteiger partial charge in [-0.25, -0.2) is 9.38 Å². The maximum absolute atomic E-state index is 13.5. The number of fused-ring (bicyclic) bond motifs is 2. The minimum atomic E-state index is -0.364. The average Bonchev–Trinajstić information content (AvgIpc) is 3.05. The van der Waals surface area contributed by atoms with Gasteiger partial charge in [0.25, 0.3) is 0 Å². The van der Waals surface area contributed by atoms with Crippen molar-refractivity contribution in [2.24, 2.45) is 4.99 Å². The van der Waals surface area contributed by atoms with E-state index in [1.807, 2.05) is 61.5 Å². The molecule has 1 aliphatic heterocycles. The quantitative estimate of drug-likeness (QED) is 0.600. The van der Waals surface area contributed by atoms with Crippen LogP contribution in [-0.4, -0.2) is 11.0 Å². The summed E-state index contributed by atoms with van der Waals surface area (Å²) in [4.78, 5) is 18.1. The Kier molecular flexibility index (Phi) is 4.75. The van der Waals surface area contributed by atoms with Gasteiger partial charge in [0.15, 0.2) is 11.0 Å². The summed E-state index contributed by atoms with van der Waals surface area (Å²) in [6.07, 6.45) is 0. The van der Waals surface area contributed by atoms with E-state index < -0.39 is 0 Å². The van der Waals surface area contributed by atoms with Crippen molar-refractivity contribution in [1.29, 1.82) is 0 Å². The maximum atomic E-state index is 13.5. The van der Waals surface area contributed by atoms with Gasteiger partial charge in [-0.15, -0.1) is 0 Å². The first-order valence-corrected chi connectivity index (χ1v) is 10.8. The zero-order valence-corrected chi connectivity index (χ0v) is 17.2. The van der Waals surface area contributed by atoms with E-state index in [2.05, 4.69) is 5.32 Å². The van der Waals surface area contributed by atoms with Crippen LogP contribution in [0, 0.1) is 12.7 Å². The van der Waals surface area contributed by atoms with Crippen LogP contribution in [0.5, 0.6) is 0 Å². The molecular formula is C25H19FN2OS. The van der Waals surface area contributed by atoms with Gasteiger partial charge in [0.1, 0.15) is 11.9 Å². The van der Waals surface area contributed by atoms with Crippen LogP contribution in [0.15, 0.2) is 83.4 Å². The van der Waals surface area contributed by atoms with E-state index in [0.29, 0.717) is 16.9 Å². The third-order valence-electron chi connectivity index (χ3n) is 5.36. The highest BCUT2D eigenvalue weighted by Gasteiger charge is 2.38. The molecule has 0 fully saturated rings. The first-order valence-electron chi connectivity index (χ1n) is 9.77. The molecule has 1 heterocycles. The van der Waals surface area contributed by atoms with Crippen LogP contribution in [0.1, 0.15) is 38.7 Å². The van der Waals surface area contributed by atoms with Gasteiger partial charge in [-0.05, 0) is 30.2 Å². The minimum Gasteiger partial charge on any atom is -0.334 e. The molecule has 0 radical (unpaired) electrons. The van der Waals surface area contributed by atoms with Gasteiger partial charge in [-0.3, -0.25) is 4.79 Å². The molecule has 0 saturated heterocycles. The number of amidine groups is 1. The van der Waals surface area contributed by atoms with Gasteiger partial charge in [0, 0.05) is 16.9 Å². The van der Waals surface area contributed by atoms with Gasteiger partial charge >= 0.3 is 0 Å². The maximum Gasteiger partial charge on any atom is 0.194 e. The molecule has 1 atom stereocenters. The fourth-order valence-corrected chi connectivity index (χ4v) is 4.70. The number of halogens is 1. The lowest BCUT2D eigenvalue weighted by atomic mass is 9.95. The fraction of sp³-hybridized carbons (Fsp3) is 0.120. The number of hydrogen-bond acceptors (Lipinski definition) is 4. The molecule has 2 aliphatic rings. The van der Waals surface area contributed by atoms with Crippen molar-refractivity contribution in [2.45, 2.75) is 18.7 Å². The van der Waals surface area contributed by atoms with Crippen LogP contribution >= 0.6 is 11.8 Å². The molecule has 0 saturated carbocycles. The third kappa shape index (κ3) is 3.35. The first kappa shape index (κ1) is 18.8. The largest absolute Gasteiger partial charge is 0.334 e. The summed E-state index contributed by atoms with van der Waals surface area (Å²) in [6, 6.07) is 22.0. The Morgan fingerprint density at radius 3 is 2.53 bits per heavy atom. The topological polar surface area (TPSA) is 41.5 Å². The molecule has 3 aromatic rings. The molecule has 5 heteroatoms. The van der Waals surface area contributed by atoms with Crippen LogP contribution in [0.2, 0.25) is 0 Å². The van der Waals surface area contributed by atoms with Crippen LogP contribution in [0.4, 0.5) is 4.39 Å². The first-order chi connectivity index (χ1) is 14.6. The predicted molar refractivity (Wildman–Crippen MR) is 120 cm³/mol. The summed E-state index contributed by atoms with van der Waals surface area (Å²) in [6.45, 7) is 2.04. The highest BCUT2D eigenvalue weighted by Crippen LogP contribution is 2.43. The molecule has 0 spiro atoms. The number of Topliss-reactive ketones (excluding diaryl/α,β-unsaturated/α-hetero) is 1. The number of aliphatic imine (C=N–C) groups is 1. The number of carbonyl (C=O) groups is 1. The van der Waals surface area contributed by atoms with Crippen molar-refractivity contribution in [3.05, 3.63) is 112 Å². The fourth-order valence-electron chi connectivity index (χ4n) is 3.86. The number of benzene rings is 3. The zero-order chi connectivity index (χ0) is 20.7. The summed E-state index contributed by atoms with van der Waals surface area (Å²) in [7, 11) is 0. The number of ketones is 1. The number of aryl methyl sites for hydroxylation is 1. The molecule has 148 valence electrons. The Morgan fingerprint density at radius 2 is 1.77 bits per heavy atom. The van der Waals surface area contributed by atoms with Gasteiger partial charge < -0.3 is 5.32 Å². The molecule has 30 heavy (non-hydrogen) atoms. The summed E-state index contributed by atoms with van der Waals surface area (Å²) >= 11 is 1.51. The molecular weight excluding hydrogens is 395 g/mol. The van der Waals surface area contributed by atoms with Crippen LogP contribution < -0.4 is 5.32 Å². The number of thioether (sulfide) groups is 1. The molecule has 3 nitrogen and oxygen atoms in total. The lowest BCUT2D eigenvalue weighted by molar-refractivity contribution is 0.103. The molecule has 3 aromatic carbocycles. The predicted octanol–water partition coefficient (Wildman–Crippen LogP) is 5.68. The third-order valence-corrected chi connectivity index (χ3v) is 6.32. The summed E-state index contributed by atoms with van der Waals surface area (Å²) < 4.78 is 13.5. The van der Waals surface area contributed by atoms with Crippen molar-refractivity contribution in [3.63, 3.8) is 0 Å². The van der Waals surface area contributed by atoms with E-state index in [1.165, 1.54) is 23.9 Å². The summed E-state index contributed by atoms with van der Waals surface area (Å²) in [5, 5.41) is 4.11.